The molecule has 1 aliphatic rings. The first kappa shape index (κ1) is 19.1. The zero-order chi connectivity index (χ0) is 19.4. The molecule has 1 fully saturated rings. The van der Waals surface area contributed by atoms with Gasteiger partial charge in [-0.3, -0.25) is 4.79 Å². The molecule has 0 saturated carbocycles. The highest BCUT2D eigenvalue weighted by Crippen LogP contribution is 2.36. The van der Waals surface area contributed by atoms with Gasteiger partial charge in [-0.25, -0.2) is 0 Å². The topological polar surface area (TPSA) is 41.6 Å². The maximum absolute atomic E-state index is 13.6. The Balaban J connectivity index is 1.88. The lowest BCUT2D eigenvalue weighted by atomic mass is 10.0. The van der Waals surface area contributed by atoms with Crippen LogP contribution in [0, 0.1) is 0 Å². The van der Waals surface area contributed by atoms with E-state index < -0.39 is 23.2 Å². The van der Waals surface area contributed by atoms with E-state index in [0.29, 0.717) is 23.7 Å². The summed E-state index contributed by atoms with van der Waals surface area (Å²) in [5, 5.41) is 2.53. The van der Waals surface area contributed by atoms with E-state index in [4.69, 9.17) is 4.74 Å². The second-order valence-electron chi connectivity index (χ2n) is 6.34. The standard InChI is InChI=1S/C20H21F3N2O2/c1-2-27-16-7-5-6-14(12-16)24-19(26)17-9-8-15(25-10-3-4-11-25)13-18(17)20(21,22)23/h5-9,12-13H,2-4,10-11H2,1H3,(H,24,26). The molecule has 1 N–H and O–H groups in total. The average Bonchev–Trinajstić information content (AvgIpc) is 3.16. The minimum absolute atomic E-state index is 0.377. The molecule has 0 atom stereocenters. The van der Waals surface area contributed by atoms with Crippen molar-refractivity contribution >= 4 is 17.3 Å². The van der Waals surface area contributed by atoms with Crippen LogP contribution in [0.4, 0.5) is 24.5 Å². The summed E-state index contributed by atoms with van der Waals surface area (Å²) in [6.07, 6.45) is -2.70. The number of nitrogens with zero attached hydrogens (tertiary/aromatic N) is 1. The van der Waals surface area contributed by atoms with Crippen LogP contribution in [-0.2, 0) is 6.18 Å². The van der Waals surface area contributed by atoms with Crippen LogP contribution in [0.25, 0.3) is 0 Å². The second kappa shape index (κ2) is 7.90. The maximum atomic E-state index is 13.6. The lowest BCUT2D eigenvalue weighted by Gasteiger charge is -2.21. The van der Waals surface area contributed by atoms with Crippen LogP contribution in [0.2, 0.25) is 0 Å². The summed E-state index contributed by atoms with van der Waals surface area (Å²) in [4.78, 5) is 14.4. The highest BCUT2D eigenvalue weighted by Gasteiger charge is 2.36. The highest BCUT2D eigenvalue weighted by molar-refractivity contribution is 6.05. The molecular weight excluding hydrogens is 357 g/mol. The Morgan fingerprint density at radius 3 is 2.56 bits per heavy atom. The molecule has 1 heterocycles. The Kier molecular flexibility index (Phi) is 5.58. The van der Waals surface area contributed by atoms with Crippen LogP contribution in [0.15, 0.2) is 42.5 Å². The predicted octanol–water partition coefficient (Wildman–Crippen LogP) is 4.96. The zero-order valence-electron chi connectivity index (χ0n) is 15.0. The van der Waals surface area contributed by atoms with E-state index in [-0.39, 0.29) is 0 Å². The lowest BCUT2D eigenvalue weighted by molar-refractivity contribution is -0.137. The van der Waals surface area contributed by atoms with Crippen LogP contribution >= 0.6 is 0 Å². The van der Waals surface area contributed by atoms with E-state index in [0.717, 1.165) is 32.0 Å². The number of nitrogens with one attached hydrogen (secondary N) is 1. The number of hydrogen-bond acceptors (Lipinski definition) is 3. The quantitative estimate of drug-likeness (QED) is 0.800. The van der Waals surface area contributed by atoms with Crippen LogP contribution in [0.1, 0.15) is 35.7 Å². The number of halogens is 3. The fourth-order valence-corrected chi connectivity index (χ4v) is 3.17. The third-order valence-corrected chi connectivity index (χ3v) is 4.43. The zero-order valence-corrected chi connectivity index (χ0v) is 15.0. The Bertz CT molecular complexity index is 815. The van der Waals surface area contributed by atoms with Crippen molar-refractivity contribution in [2.24, 2.45) is 0 Å². The molecule has 4 nitrogen and oxygen atoms in total. The van der Waals surface area contributed by atoms with Crippen molar-refractivity contribution in [1.29, 1.82) is 0 Å². The molecule has 0 aromatic heterocycles. The summed E-state index contributed by atoms with van der Waals surface area (Å²) in [5.41, 5.74) is -0.449. The molecule has 0 spiro atoms. The number of alkyl halides is 3. The molecule has 7 heteroatoms. The van der Waals surface area contributed by atoms with Gasteiger partial charge in [-0.15, -0.1) is 0 Å². The normalized spacial score (nSPS) is 14.3. The maximum Gasteiger partial charge on any atom is 0.417 e. The van der Waals surface area contributed by atoms with Crippen molar-refractivity contribution in [3.05, 3.63) is 53.6 Å². The van der Waals surface area contributed by atoms with E-state index in [1.54, 1.807) is 30.3 Å². The molecule has 0 aliphatic carbocycles. The van der Waals surface area contributed by atoms with Crippen molar-refractivity contribution in [3.8, 4) is 5.75 Å². The molecule has 27 heavy (non-hydrogen) atoms. The van der Waals surface area contributed by atoms with Gasteiger partial charge in [-0.2, -0.15) is 13.2 Å². The highest BCUT2D eigenvalue weighted by atomic mass is 19.4. The molecule has 0 bridgehead atoms. The van der Waals surface area contributed by atoms with Crippen molar-refractivity contribution in [1.82, 2.24) is 0 Å². The number of benzene rings is 2. The number of amides is 1. The van der Waals surface area contributed by atoms with Crippen LogP contribution in [0.5, 0.6) is 5.75 Å². The molecule has 1 saturated heterocycles. The van der Waals surface area contributed by atoms with Gasteiger partial charge in [0.2, 0.25) is 0 Å². The number of rotatable bonds is 5. The monoisotopic (exact) mass is 378 g/mol. The van der Waals surface area contributed by atoms with E-state index in [9.17, 15) is 18.0 Å². The summed E-state index contributed by atoms with van der Waals surface area (Å²) in [6.45, 7) is 3.73. The molecule has 144 valence electrons. The first-order chi connectivity index (χ1) is 12.9. The number of anilines is 2. The summed E-state index contributed by atoms with van der Waals surface area (Å²) >= 11 is 0. The third-order valence-electron chi connectivity index (χ3n) is 4.43. The summed E-state index contributed by atoms with van der Waals surface area (Å²) in [5.74, 6) is -0.264. The molecular formula is C20H21F3N2O2. The van der Waals surface area contributed by atoms with E-state index in [1.807, 2.05) is 11.8 Å². The van der Waals surface area contributed by atoms with Gasteiger partial charge in [0.05, 0.1) is 17.7 Å². The largest absolute Gasteiger partial charge is 0.494 e. The van der Waals surface area contributed by atoms with Crippen molar-refractivity contribution in [2.45, 2.75) is 25.9 Å². The Morgan fingerprint density at radius 2 is 1.89 bits per heavy atom. The lowest BCUT2D eigenvalue weighted by Crippen LogP contribution is -2.22. The molecule has 0 unspecified atom stereocenters. The van der Waals surface area contributed by atoms with Gasteiger partial charge in [0.15, 0.2) is 0 Å². The molecule has 1 amide bonds. The van der Waals surface area contributed by atoms with E-state index in [1.165, 1.54) is 6.07 Å². The van der Waals surface area contributed by atoms with Gasteiger partial charge in [0.25, 0.3) is 5.91 Å². The van der Waals surface area contributed by atoms with E-state index >= 15 is 0 Å². The molecule has 0 radical (unpaired) electrons. The number of ether oxygens (including phenoxy) is 1. The van der Waals surface area contributed by atoms with Gasteiger partial charge in [-0.05, 0) is 50.1 Å². The Labute approximate surface area is 155 Å². The SMILES string of the molecule is CCOc1cccc(NC(=O)c2ccc(N3CCCC3)cc2C(F)(F)F)c1. The summed E-state index contributed by atoms with van der Waals surface area (Å²) in [6, 6.07) is 10.5. The predicted molar refractivity (Wildman–Crippen MR) is 98.5 cm³/mol. The van der Waals surface area contributed by atoms with Crippen molar-refractivity contribution in [3.63, 3.8) is 0 Å². The Morgan fingerprint density at radius 1 is 1.15 bits per heavy atom. The van der Waals surface area contributed by atoms with Gasteiger partial charge >= 0.3 is 6.18 Å². The van der Waals surface area contributed by atoms with Crippen molar-refractivity contribution < 1.29 is 22.7 Å². The third kappa shape index (κ3) is 4.53. The summed E-state index contributed by atoms with van der Waals surface area (Å²) in [7, 11) is 0. The van der Waals surface area contributed by atoms with Gasteiger partial charge < -0.3 is 15.0 Å². The number of hydrogen-bond donors (Lipinski definition) is 1. The fourth-order valence-electron chi connectivity index (χ4n) is 3.17. The first-order valence-electron chi connectivity index (χ1n) is 8.89. The van der Waals surface area contributed by atoms with Gasteiger partial charge in [-0.1, -0.05) is 6.07 Å². The van der Waals surface area contributed by atoms with Gasteiger partial charge in [0, 0.05) is 30.5 Å². The molecule has 3 rings (SSSR count). The van der Waals surface area contributed by atoms with Crippen LogP contribution < -0.4 is 15.0 Å². The average molecular weight is 378 g/mol. The smallest absolute Gasteiger partial charge is 0.417 e. The van der Waals surface area contributed by atoms with Crippen LogP contribution in [0.3, 0.4) is 0 Å². The Hall–Kier alpha value is -2.70. The minimum atomic E-state index is -4.62. The number of carbonyl (C=O) groups is 1. The second-order valence-corrected chi connectivity index (χ2v) is 6.34. The summed E-state index contributed by atoms with van der Waals surface area (Å²) < 4.78 is 46.0. The molecule has 1 aliphatic heterocycles. The fraction of sp³-hybridized carbons (Fsp3) is 0.350. The van der Waals surface area contributed by atoms with E-state index in [2.05, 4.69) is 5.32 Å². The first-order valence-corrected chi connectivity index (χ1v) is 8.89. The molecule has 2 aromatic carbocycles. The van der Waals surface area contributed by atoms with Crippen LogP contribution in [-0.4, -0.2) is 25.6 Å². The van der Waals surface area contributed by atoms with Gasteiger partial charge in [0.1, 0.15) is 5.75 Å². The number of carbonyl (C=O) groups excluding carboxylic acids is 1. The van der Waals surface area contributed by atoms with Crippen molar-refractivity contribution in [2.75, 3.05) is 29.9 Å². The minimum Gasteiger partial charge on any atom is -0.494 e. The molecule has 2 aromatic rings.